The van der Waals surface area contributed by atoms with Crippen molar-refractivity contribution in [2.75, 3.05) is 0 Å². The highest BCUT2D eigenvalue weighted by molar-refractivity contribution is 5.17. The first-order chi connectivity index (χ1) is 7.66. The summed E-state index contributed by atoms with van der Waals surface area (Å²) in [6.45, 7) is 13.4. The van der Waals surface area contributed by atoms with Gasteiger partial charge >= 0.3 is 0 Å². The molecule has 0 aliphatic heterocycles. The van der Waals surface area contributed by atoms with Crippen LogP contribution in [0.1, 0.15) is 80.1 Å². The SMILES string of the molecule is CC.CCCCCC1C(C)=C(C)CCC1C. The van der Waals surface area contributed by atoms with Crippen LogP contribution in [0.15, 0.2) is 11.1 Å². The van der Waals surface area contributed by atoms with Gasteiger partial charge in [0.25, 0.3) is 0 Å². The lowest BCUT2D eigenvalue weighted by atomic mass is 9.74. The van der Waals surface area contributed by atoms with E-state index in [0.29, 0.717) is 0 Å². The third-order valence-electron chi connectivity index (χ3n) is 4.01. The number of unbranched alkanes of at least 4 members (excludes halogenated alkanes) is 2. The minimum Gasteiger partial charge on any atom is -0.0741 e. The number of hydrogen-bond donors (Lipinski definition) is 0. The zero-order valence-corrected chi connectivity index (χ0v) is 12.4. The molecule has 0 radical (unpaired) electrons. The molecule has 0 N–H and O–H groups in total. The largest absolute Gasteiger partial charge is 0.0741 e. The van der Waals surface area contributed by atoms with Crippen molar-refractivity contribution in [3.8, 4) is 0 Å². The molecule has 0 aromatic heterocycles. The van der Waals surface area contributed by atoms with E-state index in [2.05, 4.69) is 27.7 Å². The van der Waals surface area contributed by atoms with Crippen LogP contribution in [0.2, 0.25) is 0 Å². The Kier molecular flexibility index (Phi) is 8.70. The van der Waals surface area contributed by atoms with Gasteiger partial charge in [0.2, 0.25) is 0 Å². The lowest BCUT2D eigenvalue weighted by Gasteiger charge is -2.31. The van der Waals surface area contributed by atoms with Crippen molar-refractivity contribution in [3.63, 3.8) is 0 Å². The van der Waals surface area contributed by atoms with Gasteiger partial charge < -0.3 is 0 Å². The molecular formula is C16H32. The Morgan fingerprint density at radius 2 is 1.75 bits per heavy atom. The number of rotatable bonds is 4. The second-order valence-electron chi connectivity index (χ2n) is 5.08. The monoisotopic (exact) mass is 224 g/mol. The second-order valence-corrected chi connectivity index (χ2v) is 5.08. The molecule has 0 aromatic carbocycles. The molecule has 96 valence electrons. The van der Waals surface area contributed by atoms with Gasteiger partial charge in [0.1, 0.15) is 0 Å². The van der Waals surface area contributed by atoms with E-state index in [9.17, 15) is 0 Å². The molecule has 0 spiro atoms. The van der Waals surface area contributed by atoms with Gasteiger partial charge in [-0.05, 0) is 44.9 Å². The van der Waals surface area contributed by atoms with Crippen molar-refractivity contribution in [2.45, 2.75) is 80.1 Å². The Morgan fingerprint density at radius 1 is 1.12 bits per heavy atom. The molecule has 0 fully saturated rings. The van der Waals surface area contributed by atoms with Gasteiger partial charge in [-0.3, -0.25) is 0 Å². The van der Waals surface area contributed by atoms with E-state index >= 15 is 0 Å². The highest BCUT2D eigenvalue weighted by Gasteiger charge is 2.23. The third-order valence-corrected chi connectivity index (χ3v) is 4.01. The topological polar surface area (TPSA) is 0 Å². The van der Waals surface area contributed by atoms with Gasteiger partial charge in [-0.25, -0.2) is 0 Å². The van der Waals surface area contributed by atoms with Gasteiger partial charge in [-0.15, -0.1) is 0 Å². The van der Waals surface area contributed by atoms with Crippen LogP contribution in [0.3, 0.4) is 0 Å². The summed E-state index contributed by atoms with van der Waals surface area (Å²) >= 11 is 0. The van der Waals surface area contributed by atoms with Crippen molar-refractivity contribution >= 4 is 0 Å². The van der Waals surface area contributed by atoms with Crippen LogP contribution in [0.5, 0.6) is 0 Å². The molecule has 0 amide bonds. The lowest BCUT2D eigenvalue weighted by Crippen LogP contribution is -2.18. The molecule has 0 heteroatoms. The Balaban J connectivity index is 0.00000106. The highest BCUT2D eigenvalue weighted by Crippen LogP contribution is 2.37. The van der Waals surface area contributed by atoms with Crippen molar-refractivity contribution in [1.29, 1.82) is 0 Å². The lowest BCUT2D eigenvalue weighted by molar-refractivity contribution is 0.330. The van der Waals surface area contributed by atoms with E-state index in [1.54, 1.807) is 11.1 Å². The van der Waals surface area contributed by atoms with Crippen LogP contribution in [0, 0.1) is 11.8 Å². The average molecular weight is 224 g/mol. The summed E-state index contributed by atoms with van der Waals surface area (Å²) in [7, 11) is 0. The van der Waals surface area contributed by atoms with Crippen LogP contribution >= 0.6 is 0 Å². The van der Waals surface area contributed by atoms with Crippen LogP contribution in [-0.4, -0.2) is 0 Å². The van der Waals surface area contributed by atoms with Gasteiger partial charge in [-0.1, -0.05) is 58.1 Å². The van der Waals surface area contributed by atoms with Crippen LogP contribution in [0.4, 0.5) is 0 Å². The van der Waals surface area contributed by atoms with Crippen molar-refractivity contribution < 1.29 is 0 Å². The maximum Gasteiger partial charge on any atom is -0.0178 e. The Bertz CT molecular complexity index is 200. The van der Waals surface area contributed by atoms with Gasteiger partial charge in [0.05, 0.1) is 0 Å². The molecule has 1 aliphatic carbocycles. The predicted molar refractivity (Wildman–Crippen MR) is 75.8 cm³/mol. The van der Waals surface area contributed by atoms with E-state index in [4.69, 9.17) is 0 Å². The average Bonchev–Trinajstić information content (AvgIpc) is 2.31. The number of allylic oxidation sites excluding steroid dienone is 2. The normalized spacial score (nSPS) is 25.1. The zero-order valence-electron chi connectivity index (χ0n) is 12.4. The highest BCUT2D eigenvalue weighted by atomic mass is 14.3. The smallest absolute Gasteiger partial charge is 0.0178 e. The fraction of sp³-hybridized carbons (Fsp3) is 0.875. The van der Waals surface area contributed by atoms with Gasteiger partial charge in [0, 0.05) is 0 Å². The van der Waals surface area contributed by atoms with Crippen LogP contribution < -0.4 is 0 Å². The van der Waals surface area contributed by atoms with Crippen LogP contribution in [0.25, 0.3) is 0 Å². The fourth-order valence-corrected chi connectivity index (χ4v) is 2.70. The summed E-state index contributed by atoms with van der Waals surface area (Å²) in [5, 5.41) is 0. The molecule has 16 heavy (non-hydrogen) atoms. The minimum absolute atomic E-state index is 0.898. The zero-order chi connectivity index (χ0) is 12.6. The molecule has 0 nitrogen and oxygen atoms in total. The number of hydrogen-bond acceptors (Lipinski definition) is 0. The van der Waals surface area contributed by atoms with E-state index in [1.807, 2.05) is 13.8 Å². The van der Waals surface area contributed by atoms with Gasteiger partial charge in [0.15, 0.2) is 0 Å². The predicted octanol–water partition coefficient (Wildman–Crippen LogP) is 5.98. The maximum absolute atomic E-state index is 2.44. The first-order valence-corrected chi connectivity index (χ1v) is 7.33. The van der Waals surface area contributed by atoms with E-state index in [-0.39, 0.29) is 0 Å². The fourth-order valence-electron chi connectivity index (χ4n) is 2.70. The summed E-state index contributed by atoms with van der Waals surface area (Å²) in [5.74, 6) is 1.82. The molecule has 0 bridgehead atoms. The summed E-state index contributed by atoms with van der Waals surface area (Å²) in [6, 6.07) is 0. The van der Waals surface area contributed by atoms with Crippen molar-refractivity contribution in [3.05, 3.63) is 11.1 Å². The summed E-state index contributed by atoms with van der Waals surface area (Å²) in [4.78, 5) is 0. The maximum atomic E-state index is 2.44. The molecule has 0 aromatic rings. The molecule has 0 heterocycles. The quantitative estimate of drug-likeness (QED) is 0.407. The molecule has 1 rings (SSSR count). The Hall–Kier alpha value is -0.260. The van der Waals surface area contributed by atoms with E-state index in [0.717, 1.165) is 11.8 Å². The van der Waals surface area contributed by atoms with Gasteiger partial charge in [-0.2, -0.15) is 0 Å². The third kappa shape index (κ3) is 4.72. The summed E-state index contributed by atoms with van der Waals surface area (Å²) in [6.07, 6.45) is 8.38. The van der Waals surface area contributed by atoms with E-state index < -0.39 is 0 Å². The molecule has 0 saturated heterocycles. The van der Waals surface area contributed by atoms with Crippen molar-refractivity contribution in [2.24, 2.45) is 11.8 Å². The van der Waals surface area contributed by atoms with Crippen molar-refractivity contribution in [1.82, 2.24) is 0 Å². The molecule has 2 unspecified atom stereocenters. The molecule has 0 saturated carbocycles. The Labute approximate surface area is 104 Å². The first kappa shape index (κ1) is 15.7. The molecule has 1 aliphatic rings. The molecule has 2 atom stereocenters. The summed E-state index contributed by atoms with van der Waals surface area (Å²) < 4.78 is 0. The summed E-state index contributed by atoms with van der Waals surface area (Å²) in [5.41, 5.74) is 3.38. The molecular weight excluding hydrogens is 192 g/mol. The van der Waals surface area contributed by atoms with E-state index in [1.165, 1.54) is 38.5 Å². The first-order valence-electron chi connectivity index (χ1n) is 7.33. The second kappa shape index (κ2) is 8.84. The standard InChI is InChI=1S/C14H26.C2H6/c1-5-6-7-8-14-12(3)10-9-11(2)13(14)4;1-2/h12,14H,5-10H2,1-4H3;1-2H3. The minimum atomic E-state index is 0.898. The van der Waals surface area contributed by atoms with Crippen LogP contribution in [-0.2, 0) is 0 Å². The Morgan fingerprint density at radius 3 is 2.31 bits per heavy atom.